The summed E-state index contributed by atoms with van der Waals surface area (Å²) >= 11 is 0. The van der Waals surface area contributed by atoms with Crippen LogP contribution in [0.15, 0.2) is 42.9 Å². The van der Waals surface area contributed by atoms with Crippen molar-refractivity contribution >= 4 is 34.4 Å². The number of aromatic nitrogens is 5. The van der Waals surface area contributed by atoms with Crippen molar-refractivity contribution < 1.29 is 18.0 Å². The zero-order valence-corrected chi connectivity index (χ0v) is 22.3. The van der Waals surface area contributed by atoms with Crippen molar-refractivity contribution in [1.29, 1.82) is 0 Å². The van der Waals surface area contributed by atoms with Gasteiger partial charge in [0.15, 0.2) is 5.65 Å². The van der Waals surface area contributed by atoms with Gasteiger partial charge in [0, 0.05) is 50.2 Å². The minimum Gasteiger partial charge on any atom is -0.383 e. The van der Waals surface area contributed by atoms with E-state index < -0.39 is 17.8 Å². The maximum Gasteiger partial charge on any atom is 0.416 e. The molecule has 2 aliphatic rings. The van der Waals surface area contributed by atoms with Gasteiger partial charge in [0.1, 0.15) is 23.7 Å². The van der Waals surface area contributed by atoms with Crippen molar-refractivity contribution in [3.8, 4) is 11.3 Å². The molecule has 4 aromatic rings. The van der Waals surface area contributed by atoms with Gasteiger partial charge in [0.05, 0.1) is 17.0 Å². The third-order valence-electron chi connectivity index (χ3n) is 7.35. The smallest absolute Gasteiger partial charge is 0.383 e. The number of carbonyl (C=O) groups is 1. The van der Waals surface area contributed by atoms with E-state index in [1.165, 1.54) is 24.7 Å². The SMILES string of the molecule is CN1CCN(Cc2ccc(NC(=O)Nc3ccc(-c4nn(C5CC5)c5ncnc(N)c45)cn3)cc2C(F)(F)F)CC1. The fraction of sp³-hybridized carbons (Fsp3) is 0.370. The number of carbonyl (C=O) groups excluding carboxylic acids is 1. The quantitative estimate of drug-likeness (QED) is 0.316. The molecule has 214 valence electrons. The summed E-state index contributed by atoms with van der Waals surface area (Å²) in [7, 11) is 1.99. The van der Waals surface area contributed by atoms with Gasteiger partial charge in [-0.3, -0.25) is 10.2 Å². The number of anilines is 3. The van der Waals surface area contributed by atoms with E-state index in [1.807, 2.05) is 16.6 Å². The Labute approximate surface area is 233 Å². The van der Waals surface area contributed by atoms with Crippen LogP contribution in [-0.4, -0.2) is 73.8 Å². The van der Waals surface area contributed by atoms with Gasteiger partial charge in [0.2, 0.25) is 0 Å². The van der Waals surface area contributed by atoms with Gasteiger partial charge in [-0.1, -0.05) is 6.07 Å². The number of hydrogen-bond donors (Lipinski definition) is 3. The number of alkyl halides is 3. The molecule has 4 heterocycles. The zero-order chi connectivity index (χ0) is 28.7. The first-order valence-electron chi connectivity index (χ1n) is 13.3. The molecule has 11 nitrogen and oxygen atoms in total. The monoisotopic (exact) mass is 566 g/mol. The number of nitrogens with two attached hydrogens (primary N) is 1. The highest BCUT2D eigenvalue weighted by atomic mass is 19.4. The Bertz CT molecular complexity index is 1580. The summed E-state index contributed by atoms with van der Waals surface area (Å²) in [4.78, 5) is 29.5. The van der Waals surface area contributed by atoms with Gasteiger partial charge in [-0.25, -0.2) is 24.4 Å². The molecule has 0 atom stereocenters. The van der Waals surface area contributed by atoms with Gasteiger partial charge in [0.25, 0.3) is 0 Å². The summed E-state index contributed by atoms with van der Waals surface area (Å²) in [5.74, 6) is 0.524. The molecule has 1 aromatic carbocycles. The van der Waals surface area contributed by atoms with E-state index in [4.69, 9.17) is 10.8 Å². The number of piperazine rings is 1. The molecule has 0 spiro atoms. The number of halogens is 3. The topological polar surface area (TPSA) is 130 Å². The van der Waals surface area contributed by atoms with E-state index in [0.717, 1.165) is 32.0 Å². The van der Waals surface area contributed by atoms with Gasteiger partial charge in [-0.15, -0.1) is 0 Å². The maximum absolute atomic E-state index is 13.9. The average molecular weight is 567 g/mol. The molecule has 1 aliphatic carbocycles. The summed E-state index contributed by atoms with van der Waals surface area (Å²) in [5, 5.41) is 10.4. The lowest BCUT2D eigenvalue weighted by atomic mass is 10.0. The first-order valence-corrected chi connectivity index (χ1v) is 13.3. The Kier molecular flexibility index (Phi) is 6.95. The molecular formula is C27H29F3N10O. The first-order chi connectivity index (χ1) is 19.7. The average Bonchev–Trinajstić information content (AvgIpc) is 3.70. The molecule has 1 saturated heterocycles. The fourth-order valence-corrected chi connectivity index (χ4v) is 4.96. The second-order valence-corrected chi connectivity index (χ2v) is 10.4. The molecule has 14 heteroatoms. The maximum atomic E-state index is 13.9. The van der Waals surface area contributed by atoms with Gasteiger partial charge in [-0.2, -0.15) is 18.3 Å². The van der Waals surface area contributed by atoms with Crippen LogP contribution in [0.3, 0.4) is 0 Å². The molecule has 2 fully saturated rings. The Balaban J connectivity index is 1.15. The number of urea groups is 1. The number of nitrogens with zero attached hydrogens (tertiary/aromatic N) is 7. The lowest BCUT2D eigenvalue weighted by Crippen LogP contribution is -2.44. The summed E-state index contributed by atoms with van der Waals surface area (Å²) in [5.41, 5.74) is 7.47. The molecule has 0 unspecified atom stereocenters. The number of benzene rings is 1. The Morgan fingerprint density at radius 3 is 2.51 bits per heavy atom. The van der Waals surface area contributed by atoms with Crippen LogP contribution >= 0.6 is 0 Å². The molecule has 3 aromatic heterocycles. The molecule has 0 radical (unpaired) electrons. The fourth-order valence-electron chi connectivity index (χ4n) is 4.96. The Morgan fingerprint density at radius 2 is 1.83 bits per heavy atom. The second-order valence-electron chi connectivity index (χ2n) is 10.4. The summed E-state index contributed by atoms with van der Waals surface area (Å²) in [6.07, 6.45) is 0.415. The normalized spacial score (nSPS) is 16.7. The molecule has 1 saturated carbocycles. The molecule has 4 N–H and O–H groups in total. The van der Waals surface area contributed by atoms with Crippen molar-refractivity contribution in [1.82, 2.24) is 34.5 Å². The standard InChI is InChI=1S/C27H29F3N10O/c1-38-8-10-39(11-9-38)14-17-2-4-18(12-20(17)27(28,29)30)35-26(41)36-21-7-3-16(13-32-21)23-22-24(31)33-15-34-25(22)40(37-23)19-5-6-19/h2-4,7,12-13,15,19H,5-6,8-11,14H2,1H3,(H2,31,33,34)(H2,32,35,36,41). The van der Waals surface area contributed by atoms with Crippen LogP contribution in [0.4, 0.5) is 35.3 Å². The van der Waals surface area contributed by atoms with Gasteiger partial charge >= 0.3 is 12.2 Å². The minimum atomic E-state index is -4.56. The molecule has 6 rings (SSSR count). The van der Waals surface area contributed by atoms with Crippen LogP contribution in [0.5, 0.6) is 0 Å². The van der Waals surface area contributed by atoms with E-state index in [2.05, 4.69) is 30.5 Å². The summed E-state index contributed by atoms with van der Waals surface area (Å²) in [6, 6.07) is 6.73. The lowest BCUT2D eigenvalue weighted by molar-refractivity contribution is -0.138. The van der Waals surface area contributed by atoms with Crippen molar-refractivity contribution in [2.75, 3.05) is 49.6 Å². The molecular weight excluding hydrogens is 537 g/mol. The van der Waals surface area contributed by atoms with Crippen LogP contribution in [0.2, 0.25) is 0 Å². The molecule has 41 heavy (non-hydrogen) atoms. The van der Waals surface area contributed by atoms with Crippen molar-refractivity contribution in [2.24, 2.45) is 0 Å². The van der Waals surface area contributed by atoms with Crippen molar-refractivity contribution in [3.63, 3.8) is 0 Å². The highest BCUT2D eigenvalue weighted by molar-refractivity contribution is 6.00. The van der Waals surface area contributed by atoms with Crippen molar-refractivity contribution in [3.05, 3.63) is 54.0 Å². The van der Waals surface area contributed by atoms with E-state index in [-0.39, 0.29) is 29.7 Å². The van der Waals surface area contributed by atoms with Crippen LogP contribution in [0, 0.1) is 0 Å². The Morgan fingerprint density at radius 1 is 1.05 bits per heavy atom. The van der Waals surface area contributed by atoms with Gasteiger partial charge in [-0.05, 0) is 49.7 Å². The van der Waals surface area contributed by atoms with Gasteiger partial charge < -0.3 is 16.0 Å². The number of fused-ring (bicyclic) bond motifs is 1. The highest BCUT2D eigenvalue weighted by Crippen LogP contribution is 2.40. The molecule has 0 bridgehead atoms. The van der Waals surface area contributed by atoms with Crippen molar-refractivity contribution in [2.45, 2.75) is 31.6 Å². The lowest BCUT2D eigenvalue weighted by Gasteiger charge is -2.33. The van der Waals surface area contributed by atoms with E-state index in [0.29, 0.717) is 41.2 Å². The van der Waals surface area contributed by atoms with Crippen LogP contribution in [-0.2, 0) is 12.7 Å². The second kappa shape index (κ2) is 10.6. The largest absolute Gasteiger partial charge is 0.416 e. The van der Waals surface area contributed by atoms with Crippen LogP contribution in [0.1, 0.15) is 30.0 Å². The predicted molar refractivity (Wildman–Crippen MR) is 148 cm³/mol. The third kappa shape index (κ3) is 5.79. The summed E-state index contributed by atoms with van der Waals surface area (Å²) < 4.78 is 43.5. The number of rotatable bonds is 6. The Hall–Kier alpha value is -4.30. The zero-order valence-electron chi connectivity index (χ0n) is 22.3. The highest BCUT2D eigenvalue weighted by Gasteiger charge is 2.34. The van der Waals surface area contributed by atoms with E-state index in [9.17, 15) is 18.0 Å². The predicted octanol–water partition coefficient (Wildman–Crippen LogP) is 4.22. The number of nitrogen functional groups attached to an aromatic ring is 1. The number of hydrogen-bond acceptors (Lipinski definition) is 8. The first kappa shape index (κ1) is 26.9. The summed E-state index contributed by atoms with van der Waals surface area (Å²) in [6.45, 7) is 3.19. The molecule has 1 aliphatic heterocycles. The number of amides is 2. The minimum absolute atomic E-state index is 0.0288. The number of likely N-dealkylation sites (N-methyl/N-ethyl adjacent to an activating group) is 1. The number of pyridine rings is 1. The number of nitrogens with one attached hydrogen (secondary N) is 2. The van der Waals surface area contributed by atoms with E-state index >= 15 is 0 Å². The molecule has 2 amide bonds. The van der Waals surface area contributed by atoms with Crippen LogP contribution < -0.4 is 16.4 Å². The third-order valence-corrected chi connectivity index (χ3v) is 7.35. The van der Waals surface area contributed by atoms with E-state index in [1.54, 1.807) is 12.1 Å². The van der Waals surface area contributed by atoms with Crippen LogP contribution in [0.25, 0.3) is 22.3 Å².